The predicted molar refractivity (Wildman–Crippen MR) is 116 cm³/mol. The number of ether oxygens (including phenoxy) is 2. The van der Waals surface area contributed by atoms with Gasteiger partial charge in [0.25, 0.3) is 6.42 Å². The molecule has 1 unspecified atom stereocenters. The van der Waals surface area contributed by atoms with Crippen LogP contribution in [0.25, 0.3) is 0 Å². The van der Waals surface area contributed by atoms with E-state index in [4.69, 9.17) is 32.1 Å². The molecule has 0 saturated carbocycles. The van der Waals surface area contributed by atoms with Gasteiger partial charge in [-0.25, -0.2) is 4.79 Å². The quantitative estimate of drug-likeness (QED) is 0.180. The van der Waals surface area contributed by atoms with E-state index in [1.807, 2.05) is 12.1 Å². The minimum absolute atomic E-state index is 0.140. The summed E-state index contributed by atoms with van der Waals surface area (Å²) in [6.45, 7) is 1.58. The molecule has 0 bridgehead atoms. The number of carbonyl (C=O) groups excluding carboxylic acids is 1. The Labute approximate surface area is 174 Å². The van der Waals surface area contributed by atoms with E-state index in [1.165, 1.54) is 20.3 Å². The third-order valence-electron chi connectivity index (χ3n) is 3.74. The van der Waals surface area contributed by atoms with Crippen molar-refractivity contribution in [3.8, 4) is 11.8 Å². The van der Waals surface area contributed by atoms with E-state index in [-0.39, 0.29) is 11.6 Å². The third kappa shape index (κ3) is 5.67. The number of nitrogens with two attached hydrogens (primary N) is 1. The molecule has 0 heterocycles. The van der Waals surface area contributed by atoms with Crippen molar-refractivity contribution in [3.63, 3.8) is 0 Å². The van der Waals surface area contributed by atoms with E-state index in [2.05, 4.69) is 9.50 Å². The Morgan fingerprint density at radius 2 is 1.86 bits per heavy atom. The number of hydrogen-bond donors (Lipinski definition) is 1. The number of hydrogen-bond acceptors (Lipinski definition) is 6. The van der Waals surface area contributed by atoms with E-state index in [0.29, 0.717) is 22.2 Å². The Morgan fingerprint density at radius 1 is 1.21 bits per heavy atom. The van der Waals surface area contributed by atoms with Crippen LogP contribution < -0.4 is 15.8 Å². The Bertz CT molecular complexity index is 1040. The maximum Gasteiger partial charge on any atom is 0.333 e. The van der Waals surface area contributed by atoms with Crippen molar-refractivity contribution in [2.75, 3.05) is 14.2 Å². The number of allylic oxidation sites excluding steroid dienone is 1. The zero-order valence-corrected chi connectivity index (χ0v) is 17.9. The van der Waals surface area contributed by atoms with Gasteiger partial charge in [0.2, 0.25) is 0 Å². The van der Waals surface area contributed by atoms with Crippen LogP contribution >= 0.6 is 6.42 Å². The molecule has 2 aromatic rings. The van der Waals surface area contributed by atoms with Crippen LogP contribution in [-0.2, 0) is 25.9 Å². The molecule has 150 valence electrons. The summed E-state index contributed by atoms with van der Waals surface area (Å²) in [7, 11) is 2.79. The Hall–Kier alpha value is -3.14. The third-order valence-corrected chi connectivity index (χ3v) is 6.80. The number of carbonyl (C=O) groups is 1. The van der Waals surface area contributed by atoms with E-state index in [1.54, 1.807) is 49.4 Å². The first-order valence-corrected chi connectivity index (χ1v) is 11.1. The van der Waals surface area contributed by atoms with E-state index in [9.17, 15) is 4.79 Å². The molecule has 7 nitrogen and oxygen atoms in total. The molecule has 2 N–H and O–H groups in total. The van der Waals surface area contributed by atoms with Gasteiger partial charge in [-0.1, -0.05) is 12.1 Å². The fraction of sp³-hybridized carbons (Fsp3) is 0.150. The van der Waals surface area contributed by atoms with Gasteiger partial charge in [-0.3, -0.25) is 0 Å². The number of methoxy groups -OCH3 is 2. The highest BCUT2D eigenvalue weighted by Crippen LogP contribution is 2.50. The SMILES string of the molecule is COC(=O)C=C(C)OP(=S)(N=C(N)c1ccccc1OC)c1ccc(C#N)cc1. The van der Waals surface area contributed by atoms with Crippen molar-refractivity contribution >= 4 is 35.3 Å². The molecule has 0 radical (unpaired) electrons. The summed E-state index contributed by atoms with van der Waals surface area (Å²) in [5.41, 5.74) is 7.28. The van der Waals surface area contributed by atoms with Gasteiger partial charge >= 0.3 is 5.97 Å². The fourth-order valence-electron chi connectivity index (χ4n) is 2.35. The number of amidine groups is 1. The summed E-state index contributed by atoms with van der Waals surface area (Å²) >= 11 is 5.77. The number of rotatable bonds is 7. The van der Waals surface area contributed by atoms with Crippen LogP contribution in [0.2, 0.25) is 0 Å². The number of esters is 1. The first-order chi connectivity index (χ1) is 13.8. The molecule has 0 saturated heterocycles. The van der Waals surface area contributed by atoms with Crippen molar-refractivity contribution in [1.29, 1.82) is 5.26 Å². The summed E-state index contributed by atoms with van der Waals surface area (Å²) in [5, 5.41) is 9.61. The minimum atomic E-state index is -3.12. The molecule has 2 aromatic carbocycles. The molecule has 9 heteroatoms. The number of para-hydroxylation sites is 1. The summed E-state index contributed by atoms with van der Waals surface area (Å²) < 4.78 is 20.4. The molecule has 0 spiro atoms. The van der Waals surface area contributed by atoms with Crippen molar-refractivity contribution in [2.24, 2.45) is 10.5 Å². The summed E-state index contributed by atoms with van der Waals surface area (Å²) in [4.78, 5) is 11.5. The molecule has 2 rings (SSSR count). The number of nitriles is 1. The van der Waals surface area contributed by atoms with E-state index in [0.717, 1.165) is 0 Å². The van der Waals surface area contributed by atoms with E-state index >= 15 is 0 Å². The molecular weight excluding hydrogens is 409 g/mol. The standard InChI is InChI=1S/C20H20N3O4PS/c1-14(12-19(24)26-3)27-28(29,16-10-8-15(13-21)9-11-16)23-20(22)17-6-4-5-7-18(17)25-2/h4-12H,1-3H3,(H2,22,23,29). The lowest BCUT2D eigenvalue weighted by atomic mass is 10.2. The van der Waals surface area contributed by atoms with Crippen LogP contribution in [0.4, 0.5) is 0 Å². The van der Waals surface area contributed by atoms with Crippen molar-refractivity contribution in [1.82, 2.24) is 0 Å². The van der Waals surface area contributed by atoms with Crippen LogP contribution in [0.1, 0.15) is 18.1 Å². The lowest BCUT2D eigenvalue weighted by molar-refractivity contribution is -0.135. The van der Waals surface area contributed by atoms with Crippen LogP contribution in [-0.4, -0.2) is 26.0 Å². The summed E-state index contributed by atoms with van der Waals surface area (Å²) in [5.74, 6) is 0.338. The smallest absolute Gasteiger partial charge is 0.333 e. The Balaban J connectivity index is 2.57. The Kier molecular flexibility index (Phi) is 7.54. The molecule has 0 fully saturated rings. The zero-order valence-electron chi connectivity index (χ0n) is 16.2. The highest BCUT2D eigenvalue weighted by atomic mass is 32.4. The maximum atomic E-state index is 11.5. The lowest BCUT2D eigenvalue weighted by Crippen LogP contribution is -2.17. The second-order valence-corrected chi connectivity index (χ2v) is 9.16. The molecule has 0 amide bonds. The monoisotopic (exact) mass is 429 g/mol. The van der Waals surface area contributed by atoms with Gasteiger partial charge in [-0.15, -0.1) is 0 Å². The van der Waals surface area contributed by atoms with Crippen molar-refractivity contribution < 1.29 is 18.8 Å². The van der Waals surface area contributed by atoms with Gasteiger partial charge < -0.3 is 19.7 Å². The number of nitrogens with zero attached hydrogens (tertiary/aromatic N) is 2. The molecule has 1 atom stereocenters. The van der Waals surface area contributed by atoms with E-state index < -0.39 is 12.4 Å². The summed E-state index contributed by atoms with van der Waals surface area (Å²) in [6.07, 6.45) is -1.94. The maximum absolute atomic E-state index is 11.5. The minimum Gasteiger partial charge on any atom is -0.496 e. The summed E-state index contributed by atoms with van der Waals surface area (Å²) in [6, 6.07) is 15.8. The average Bonchev–Trinajstić information content (AvgIpc) is 2.73. The van der Waals surface area contributed by atoms with Crippen LogP contribution in [0, 0.1) is 11.3 Å². The molecule has 0 aromatic heterocycles. The predicted octanol–water partition coefficient (Wildman–Crippen LogP) is 3.00. The van der Waals surface area contributed by atoms with Gasteiger partial charge in [0, 0.05) is 5.30 Å². The highest BCUT2D eigenvalue weighted by molar-refractivity contribution is 8.15. The van der Waals surface area contributed by atoms with Gasteiger partial charge in [0.05, 0.1) is 37.5 Å². The topological polar surface area (TPSA) is 107 Å². The Morgan fingerprint density at radius 3 is 2.45 bits per heavy atom. The molecule has 0 aliphatic rings. The molecule has 29 heavy (non-hydrogen) atoms. The normalized spacial score (nSPS) is 13.7. The van der Waals surface area contributed by atoms with Crippen molar-refractivity contribution in [2.45, 2.75) is 6.92 Å². The lowest BCUT2D eigenvalue weighted by Gasteiger charge is -2.21. The fourth-order valence-corrected chi connectivity index (χ4v) is 4.96. The average molecular weight is 429 g/mol. The van der Waals surface area contributed by atoms with Gasteiger partial charge in [-0.05, 0) is 55.1 Å². The van der Waals surface area contributed by atoms with Crippen LogP contribution in [0.15, 0.2) is 65.1 Å². The van der Waals surface area contributed by atoms with Gasteiger partial charge in [0.15, 0.2) is 0 Å². The molecule has 0 aliphatic carbocycles. The van der Waals surface area contributed by atoms with Gasteiger partial charge in [0.1, 0.15) is 17.3 Å². The zero-order chi connectivity index (χ0) is 21.4. The van der Waals surface area contributed by atoms with Crippen LogP contribution in [0.5, 0.6) is 5.75 Å². The number of benzene rings is 2. The second kappa shape index (κ2) is 9.87. The van der Waals surface area contributed by atoms with Crippen LogP contribution in [0.3, 0.4) is 0 Å². The molecule has 0 aliphatic heterocycles. The largest absolute Gasteiger partial charge is 0.496 e. The molecular formula is C20H20N3O4PS. The van der Waals surface area contributed by atoms with Gasteiger partial charge in [-0.2, -0.15) is 10.0 Å². The highest BCUT2D eigenvalue weighted by Gasteiger charge is 2.24. The van der Waals surface area contributed by atoms with Crippen molar-refractivity contribution in [3.05, 3.63) is 71.5 Å². The second-order valence-electron chi connectivity index (χ2n) is 5.73. The first kappa shape index (κ1) is 22.2. The first-order valence-electron chi connectivity index (χ1n) is 8.38.